The van der Waals surface area contributed by atoms with Crippen LogP contribution in [-0.2, 0) is 4.74 Å². The molecular weight excluding hydrogens is 236 g/mol. The van der Waals surface area contributed by atoms with Crippen molar-refractivity contribution in [3.8, 4) is 0 Å². The molecule has 3 unspecified atom stereocenters. The van der Waals surface area contributed by atoms with Crippen molar-refractivity contribution in [2.45, 2.75) is 46.1 Å². The molecule has 0 aromatic heterocycles. The standard InChI is InChI=1S/C16H34N2O/c1-13(2)15-7-6-14(3)12-16(15)17-8-10-19-11-9-18(4)5/h13-17H,6-12H2,1-5H3. The number of ether oxygens (including phenoxy) is 1. The van der Waals surface area contributed by atoms with Crippen molar-refractivity contribution in [3.63, 3.8) is 0 Å². The molecule has 1 saturated carbocycles. The van der Waals surface area contributed by atoms with Gasteiger partial charge in [0.15, 0.2) is 0 Å². The van der Waals surface area contributed by atoms with Crippen LogP contribution in [0, 0.1) is 17.8 Å². The molecule has 1 aliphatic carbocycles. The third kappa shape index (κ3) is 6.73. The second-order valence-electron chi connectivity index (χ2n) is 6.80. The van der Waals surface area contributed by atoms with E-state index in [0.717, 1.165) is 44.1 Å². The zero-order valence-electron chi connectivity index (χ0n) is 13.6. The molecule has 1 rings (SSSR count). The van der Waals surface area contributed by atoms with Crippen LogP contribution >= 0.6 is 0 Å². The van der Waals surface area contributed by atoms with Crippen LogP contribution in [0.3, 0.4) is 0 Å². The van der Waals surface area contributed by atoms with Crippen LogP contribution in [0.1, 0.15) is 40.0 Å². The van der Waals surface area contributed by atoms with Crippen LogP contribution in [0.4, 0.5) is 0 Å². The maximum absolute atomic E-state index is 5.65. The van der Waals surface area contributed by atoms with Gasteiger partial charge < -0.3 is 15.0 Å². The van der Waals surface area contributed by atoms with Gasteiger partial charge in [-0.2, -0.15) is 0 Å². The van der Waals surface area contributed by atoms with Crippen molar-refractivity contribution in [1.29, 1.82) is 0 Å². The summed E-state index contributed by atoms with van der Waals surface area (Å²) in [6, 6.07) is 0.696. The molecule has 0 aromatic carbocycles. The van der Waals surface area contributed by atoms with Gasteiger partial charge in [0.1, 0.15) is 0 Å². The number of rotatable bonds is 8. The Balaban J connectivity index is 2.17. The molecule has 1 fully saturated rings. The molecule has 0 aromatic rings. The lowest BCUT2D eigenvalue weighted by Crippen LogP contribution is -2.44. The third-order valence-electron chi connectivity index (χ3n) is 4.36. The molecular formula is C16H34N2O. The predicted octanol–water partition coefficient (Wildman–Crippen LogP) is 2.62. The van der Waals surface area contributed by atoms with E-state index in [1.54, 1.807) is 0 Å². The molecule has 3 atom stereocenters. The van der Waals surface area contributed by atoms with E-state index in [4.69, 9.17) is 4.74 Å². The minimum Gasteiger partial charge on any atom is -0.379 e. The fourth-order valence-electron chi connectivity index (χ4n) is 3.10. The van der Waals surface area contributed by atoms with Gasteiger partial charge in [-0.15, -0.1) is 0 Å². The Bertz CT molecular complexity index is 231. The summed E-state index contributed by atoms with van der Waals surface area (Å²) in [4.78, 5) is 2.16. The summed E-state index contributed by atoms with van der Waals surface area (Å²) < 4.78 is 5.65. The smallest absolute Gasteiger partial charge is 0.0593 e. The van der Waals surface area contributed by atoms with Crippen molar-refractivity contribution in [1.82, 2.24) is 10.2 Å². The first-order chi connectivity index (χ1) is 9.00. The quantitative estimate of drug-likeness (QED) is 0.686. The minimum atomic E-state index is 0.696. The summed E-state index contributed by atoms with van der Waals surface area (Å²) in [6.45, 7) is 10.8. The molecule has 0 bridgehead atoms. The van der Waals surface area contributed by atoms with Gasteiger partial charge in [0.05, 0.1) is 13.2 Å². The first-order valence-electron chi connectivity index (χ1n) is 7.96. The predicted molar refractivity (Wildman–Crippen MR) is 82.5 cm³/mol. The average molecular weight is 270 g/mol. The number of hydrogen-bond donors (Lipinski definition) is 1. The SMILES string of the molecule is CC1CCC(C(C)C)C(NCCOCCN(C)C)C1. The maximum Gasteiger partial charge on any atom is 0.0593 e. The highest BCUT2D eigenvalue weighted by Crippen LogP contribution is 2.33. The fourth-order valence-corrected chi connectivity index (χ4v) is 3.10. The van der Waals surface area contributed by atoms with E-state index in [-0.39, 0.29) is 0 Å². The molecule has 3 nitrogen and oxygen atoms in total. The maximum atomic E-state index is 5.65. The van der Waals surface area contributed by atoms with E-state index >= 15 is 0 Å². The van der Waals surface area contributed by atoms with Gasteiger partial charge >= 0.3 is 0 Å². The molecule has 0 saturated heterocycles. The second kappa shape index (κ2) is 8.93. The highest BCUT2D eigenvalue weighted by molar-refractivity contribution is 4.85. The van der Waals surface area contributed by atoms with E-state index in [1.165, 1.54) is 19.3 Å². The van der Waals surface area contributed by atoms with E-state index in [0.29, 0.717) is 6.04 Å². The Labute approximate surface area is 120 Å². The van der Waals surface area contributed by atoms with E-state index in [2.05, 4.69) is 45.1 Å². The van der Waals surface area contributed by atoms with Crippen LogP contribution in [0.2, 0.25) is 0 Å². The van der Waals surface area contributed by atoms with Crippen LogP contribution in [0.15, 0.2) is 0 Å². The van der Waals surface area contributed by atoms with Crippen molar-refractivity contribution in [2.75, 3.05) is 40.4 Å². The summed E-state index contributed by atoms with van der Waals surface area (Å²) in [5.74, 6) is 2.51. The molecule has 1 N–H and O–H groups in total. The Morgan fingerprint density at radius 1 is 1.21 bits per heavy atom. The fraction of sp³-hybridized carbons (Fsp3) is 1.00. The molecule has 114 valence electrons. The number of likely N-dealkylation sites (N-methyl/N-ethyl adjacent to an activating group) is 1. The highest BCUT2D eigenvalue weighted by Gasteiger charge is 2.29. The molecule has 0 spiro atoms. The van der Waals surface area contributed by atoms with Crippen LogP contribution in [-0.4, -0.2) is 51.3 Å². The van der Waals surface area contributed by atoms with Crippen molar-refractivity contribution in [3.05, 3.63) is 0 Å². The van der Waals surface area contributed by atoms with Gasteiger partial charge in [-0.05, 0) is 44.7 Å². The first kappa shape index (κ1) is 16.9. The molecule has 0 amide bonds. The van der Waals surface area contributed by atoms with E-state index in [9.17, 15) is 0 Å². The number of hydrogen-bond acceptors (Lipinski definition) is 3. The van der Waals surface area contributed by atoms with Crippen molar-refractivity contribution in [2.24, 2.45) is 17.8 Å². The summed E-state index contributed by atoms with van der Waals surface area (Å²) in [5.41, 5.74) is 0. The Morgan fingerprint density at radius 3 is 2.58 bits per heavy atom. The summed E-state index contributed by atoms with van der Waals surface area (Å²) >= 11 is 0. The Hall–Kier alpha value is -0.120. The highest BCUT2D eigenvalue weighted by atomic mass is 16.5. The second-order valence-corrected chi connectivity index (χ2v) is 6.80. The molecule has 1 aliphatic rings. The lowest BCUT2D eigenvalue weighted by Gasteiger charge is -2.38. The molecule has 19 heavy (non-hydrogen) atoms. The normalized spacial score (nSPS) is 28.3. The average Bonchev–Trinajstić information content (AvgIpc) is 2.33. The van der Waals surface area contributed by atoms with Crippen molar-refractivity contribution < 1.29 is 4.74 Å². The first-order valence-corrected chi connectivity index (χ1v) is 7.96. The summed E-state index contributed by atoms with van der Waals surface area (Å²) in [5, 5.41) is 3.73. The monoisotopic (exact) mass is 270 g/mol. The minimum absolute atomic E-state index is 0.696. The van der Waals surface area contributed by atoms with Gasteiger partial charge in [0, 0.05) is 19.1 Å². The molecule has 0 heterocycles. The topological polar surface area (TPSA) is 24.5 Å². The third-order valence-corrected chi connectivity index (χ3v) is 4.36. The largest absolute Gasteiger partial charge is 0.379 e. The van der Waals surface area contributed by atoms with Crippen LogP contribution < -0.4 is 5.32 Å². The van der Waals surface area contributed by atoms with Crippen LogP contribution in [0.5, 0.6) is 0 Å². The Morgan fingerprint density at radius 2 is 1.95 bits per heavy atom. The molecule has 3 heteroatoms. The van der Waals surface area contributed by atoms with Crippen LogP contribution in [0.25, 0.3) is 0 Å². The van der Waals surface area contributed by atoms with Crippen molar-refractivity contribution >= 4 is 0 Å². The van der Waals surface area contributed by atoms with Gasteiger partial charge in [-0.1, -0.05) is 27.2 Å². The summed E-state index contributed by atoms with van der Waals surface area (Å²) in [6.07, 6.45) is 4.12. The zero-order valence-corrected chi connectivity index (χ0v) is 13.6. The van der Waals surface area contributed by atoms with E-state index < -0.39 is 0 Å². The number of nitrogens with one attached hydrogen (secondary N) is 1. The lowest BCUT2D eigenvalue weighted by molar-refractivity contribution is 0.106. The number of nitrogens with zero attached hydrogens (tertiary/aromatic N) is 1. The summed E-state index contributed by atoms with van der Waals surface area (Å²) in [7, 11) is 4.16. The molecule has 0 aliphatic heterocycles. The van der Waals surface area contributed by atoms with Gasteiger partial charge in [-0.25, -0.2) is 0 Å². The van der Waals surface area contributed by atoms with Gasteiger partial charge in [0.25, 0.3) is 0 Å². The van der Waals surface area contributed by atoms with Gasteiger partial charge in [-0.3, -0.25) is 0 Å². The van der Waals surface area contributed by atoms with E-state index in [1.807, 2.05) is 0 Å². The molecule has 0 radical (unpaired) electrons. The zero-order chi connectivity index (χ0) is 14.3. The lowest BCUT2D eigenvalue weighted by atomic mass is 9.74. The Kier molecular flexibility index (Phi) is 7.96. The van der Waals surface area contributed by atoms with Gasteiger partial charge in [0.2, 0.25) is 0 Å².